The lowest BCUT2D eigenvalue weighted by atomic mass is 10.2. The fraction of sp³-hybridized carbons (Fsp3) is 0.385. The minimum Gasteiger partial charge on any atom is -0.281 e. The van der Waals surface area contributed by atoms with Crippen molar-refractivity contribution in [3.8, 4) is 0 Å². The second-order valence-electron chi connectivity index (χ2n) is 3.37. The molecule has 0 bridgehead atoms. The van der Waals surface area contributed by atoms with Gasteiger partial charge in [-0.25, -0.2) is 5.43 Å². The first-order chi connectivity index (χ1) is 7.29. The molecule has 1 aromatic rings. The molecule has 1 aliphatic heterocycles. The highest BCUT2D eigenvalue weighted by atomic mass is 15.5. The van der Waals surface area contributed by atoms with E-state index in [2.05, 4.69) is 48.5 Å². The normalized spacial score (nSPS) is 15.1. The van der Waals surface area contributed by atoms with Crippen molar-refractivity contribution in [2.75, 3.05) is 11.6 Å². The van der Waals surface area contributed by atoms with E-state index in [0.717, 1.165) is 6.54 Å². The third-order valence-corrected chi connectivity index (χ3v) is 2.47. The van der Waals surface area contributed by atoms with Crippen LogP contribution in [0, 0.1) is 0 Å². The first kappa shape index (κ1) is 11.8. The molecule has 1 aliphatic rings. The van der Waals surface area contributed by atoms with E-state index >= 15 is 0 Å². The Morgan fingerprint density at radius 2 is 1.67 bits per heavy atom. The molecule has 1 heterocycles. The Balaban J connectivity index is 0.000000531. The number of hydrogen-bond acceptors (Lipinski definition) is 2. The number of hydrazine groups is 1. The number of rotatable bonds is 1. The summed E-state index contributed by atoms with van der Waals surface area (Å²) in [7, 11) is 0. The summed E-state index contributed by atoms with van der Waals surface area (Å²) >= 11 is 0. The highest BCUT2D eigenvalue weighted by molar-refractivity contribution is 5.52. The van der Waals surface area contributed by atoms with Crippen LogP contribution in [0.3, 0.4) is 0 Å². The van der Waals surface area contributed by atoms with Crippen LogP contribution < -0.4 is 10.4 Å². The maximum Gasteiger partial charge on any atom is 0.0573 e. The third-order valence-electron chi connectivity index (χ3n) is 2.47. The maximum absolute atomic E-state index is 3.33. The number of nitrogens with zero attached hydrogens (tertiary/aromatic N) is 1. The second kappa shape index (κ2) is 5.56. The summed E-state index contributed by atoms with van der Waals surface area (Å²) in [4.78, 5) is 0. The molecule has 2 heteroatoms. The van der Waals surface area contributed by atoms with E-state index in [1.54, 1.807) is 0 Å². The predicted octanol–water partition coefficient (Wildman–Crippen LogP) is 3.33. The minimum atomic E-state index is 0.959. The molecule has 0 fully saturated rings. The van der Waals surface area contributed by atoms with Gasteiger partial charge in [0.15, 0.2) is 0 Å². The van der Waals surface area contributed by atoms with Crippen LogP contribution in [-0.2, 0) is 0 Å². The topological polar surface area (TPSA) is 15.3 Å². The SMILES string of the molecule is CC.CC1=C(C)N(c2ccccc2)NC1. The van der Waals surface area contributed by atoms with Gasteiger partial charge in [0.2, 0.25) is 0 Å². The number of allylic oxidation sites excluding steroid dienone is 1. The second-order valence-corrected chi connectivity index (χ2v) is 3.37. The van der Waals surface area contributed by atoms with E-state index < -0.39 is 0 Å². The van der Waals surface area contributed by atoms with Gasteiger partial charge in [-0.3, -0.25) is 5.01 Å². The zero-order valence-electron chi connectivity index (χ0n) is 10.0. The number of para-hydroxylation sites is 1. The summed E-state index contributed by atoms with van der Waals surface area (Å²) < 4.78 is 0. The first-order valence-corrected chi connectivity index (χ1v) is 5.54. The highest BCUT2D eigenvalue weighted by Gasteiger charge is 2.15. The quantitative estimate of drug-likeness (QED) is 0.755. The molecule has 0 saturated carbocycles. The molecule has 0 unspecified atom stereocenters. The predicted molar refractivity (Wildman–Crippen MR) is 66.6 cm³/mol. The Morgan fingerprint density at radius 1 is 1.07 bits per heavy atom. The van der Waals surface area contributed by atoms with Crippen molar-refractivity contribution >= 4 is 5.69 Å². The average Bonchev–Trinajstić information content (AvgIpc) is 2.64. The van der Waals surface area contributed by atoms with Crippen molar-refractivity contribution in [1.82, 2.24) is 5.43 Å². The summed E-state index contributed by atoms with van der Waals surface area (Å²) in [5.41, 5.74) is 7.25. The molecular formula is C13H20N2. The number of benzene rings is 1. The summed E-state index contributed by atoms with van der Waals surface area (Å²) in [5, 5.41) is 2.13. The van der Waals surface area contributed by atoms with E-state index in [-0.39, 0.29) is 0 Å². The van der Waals surface area contributed by atoms with E-state index in [1.165, 1.54) is 17.0 Å². The van der Waals surface area contributed by atoms with Crippen molar-refractivity contribution in [2.24, 2.45) is 0 Å². The Morgan fingerprint density at radius 3 is 2.13 bits per heavy atom. The molecule has 0 aromatic heterocycles. The molecule has 0 amide bonds. The molecule has 15 heavy (non-hydrogen) atoms. The van der Waals surface area contributed by atoms with E-state index in [0.29, 0.717) is 0 Å². The van der Waals surface area contributed by atoms with Crippen molar-refractivity contribution in [3.05, 3.63) is 41.6 Å². The van der Waals surface area contributed by atoms with E-state index in [4.69, 9.17) is 0 Å². The van der Waals surface area contributed by atoms with Crippen molar-refractivity contribution in [3.63, 3.8) is 0 Å². The largest absolute Gasteiger partial charge is 0.281 e. The zero-order valence-corrected chi connectivity index (χ0v) is 10.0. The smallest absolute Gasteiger partial charge is 0.0573 e. The molecule has 1 N–H and O–H groups in total. The van der Waals surface area contributed by atoms with Gasteiger partial charge in [0.05, 0.1) is 5.69 Å². The Labute approximate surface area is 92.6 Å². The van der Waals surface area contributed by atoms with Gasteiger partial charge < -0.3 is 0 Å². The number of nitrogens with one attached hydrogen (secondary N) is 1. The van der Waals surface area contributed by atoms with Gasteiger partial charge >= 0.3 is 0 Å². The molecular weight excluding hydrogens is 184 g/mol. The summed E-state index contributed by atoms with van der Waals surface area (Å²) in [6.07, 6.45) is 0. The molecule has 0 radical (unpaired) electrons. The lowest BCUT2D eigenvalue weighted by Crippen LogP contribution is -2.30. The summed E-state index contributed by atoms with van der Waals surface area (Å²) in [6.45, 7) is 9.26. The van der Waals surface area contributed by atoms with Gasteiger partial charge in [0.1, 0.15) is 0 Å². The molecule has 0 spiro atoms. The molecule has 0 saturated heterocycles. The van der Waals surface area contributed by atoms with Gasteiger partial charge in [-0.05, 0) is 31.6 Å². The molecule has 1 aromatic carbocycles. The van der Waals surface area contributed by atoms with Gasteiger partial charge in [-0.2, -0.15) is 0 Å². The van der Waals surface area contributed by atoms with Gasteiger partial charge in [0.25, 0.3) is 0 Å². The van der Waals surface area contributed by atoms with Crippen LogP contribution in [0.25, 0.3) is 0 Å². The lowest BCUT2D eigenvalue weighted by Gasteiger charge is -2.19. The Hall–Kier alpha value is -1.28. The monoisotopic (exact) mass is 204 g/mol. The number of anilines is 1. The Bertz CT molecular complexity index is 328. The van der Waals surface area contributed by atoms with Crippen LogP contribution in [0.1, 0.15) is 27.7 Å². The first-order valence-electron chi connectivity index (χ1n) is 5.54. The molecule has 0 aliphatic carbocycles. The van der Waals surface area contributed by atoms with E-state index in [9.17, 15) is 0 Å². The summed E-state index contributed by atoms with van der Waals surface area (Å²) in [6, 6.07) is 10.4. The van der Waals surface area contributed by atoms with Crippen LogP contribution in [-0.4, -0.2) is 6.54 Å². The Kier molecular flexibility index (Phi) is 4.37. The fourth-order valence-corrected chi connectivity index (χ4v) is 1.50. The van der Waals surface area contributed by atoms with E-state index in [1.807, 2.05) is 19.9 Å². The van der Waals surface area contributed by atoms with Gasteiger partial charge in [-0.1, -0.05) is 32.0 Å². The third kappa shape index (κ3) is 2.60. The fourth-order valence-electron chi connectivity index (χ4n) is 1.50. The van der Waals surface area contributed by atoms with Crippen molar-refractivity contribution < 1.29 is 0 Å². The summed E-state index contributed by atoms with van der Waals surface area (Å²) in [5.74, 6) is 0. The standard InChI is InChI=1S/C11H14N2.C2H6/c1-9-8-12-13(10(9)2)11-6-4-3-5-7-11;1-2/h3-7,12H,8H2,1-2H3;1-2H3. The maximum atomic E-state index is 3.33. The van der Waals surface area contributed by atoms with Crippen molar-refractivity contribution in [2.45, 2.75) is 27.7 Å². The van der Waals surface area contributed by atoms with Crippen LogP contribution >= 0.6 is 0 Å². The molecule has 2 rings (SSSR count). The zero-order chi connectivity index (χ0) is 11.3. The van der Waals surface area contributed by atoms with Crippen LogP contribution in [0.5, 0.6) is 0 Å². The minimum absolute atomic E-state index is 0.959. The molecule has 2 nitrogen and oxygen atoms in total. The number of hydrogen-bond donors (Lipinski definition) is 1. The van der Waals surface area contributed by atoms with Crippen LogP contribution in [0.15, 0.2) is 41.6 Å². The molecule has 0 atom stereocenters. The van der Waals surface area contributed by atoms with Crippen LogP contribution in [0.2, 0.25) is 0 Å². The van der Waals surface area contributed by atoms with Gasteiger partial charge in [0, 0.05) is 12.2 Å². The highest BCUT2D eigenvalue weighted by Crippen LogP contribution is 2.21. The molecule has 82 valence electrons. The van der Waals surface area contributed by atoms with Crippen molar-refractivity contribution in [1.29, 1.82) is 0 Å². The van der Waals surface area contributed by atoms with Crippen LogP contribution in [0.4, 0.5) is 5.69 Å². The van der Waals surface area contributed by atoms with Gasteiger partial charge in [-0.15, -0.1) is 0 Å². The lowest BCUT2D eigenvalue weighted by molar-refractivity contribution is 0.787. The average molecular weight is 204 g/mol.